The van der Waals surface area contributed by atoms with Crippen molar-refractivity contribution in [2.75, 3.05) is 12.3 Å². The molecular formula is C6H11N2O4S+. The molecule has 0 saturated heterocycles. The molecule has 6 nitrogen and oxygen atoms in total. The van der Waals surface area contributed by atoms with Crippen LogP contribution < -0.4 is 0 Å². The van der Waals surface area contributed by atoms with Gasteiger partial charge in [0, 0.05) is 0 Å². The Morgan fingerprint density at radius 2 is 2.23 bits per heavy atom. The molecule has 74 valence electrons. The zero-order valence-corrected chi connectivity index (χ0v) is 8.21. The van der Waals surface area contributed by atoms with E-state index in [1.54, 1.807) is 0 Å². The molecule has 0 aromatic carbocycles. The van der Waals surface area contributed by atoms with Crippen LogP contribution in [-0.2, 0) is 20.6 Å². The second-order valence-electron chi connectivity index (χ2n) is 3.00. The summed E-state index contributed by atoms with van der Waals surface area (Å²) in [5.74, 6) is -0.914. The number of hydrogen-bond donors (Lipinski definition) is 1. The molecule has 13 heavy (non-hydrogen) atoms. The van der Waals surface area contributed by atoms with E-state index in [2.05, 4.69) is 4.98 Å². The lowest BCUT2D eigenvalue weighted by atomic mass is 10.2. The standard InChI is InChI=1S/C6H10N2O4S/c1-6(2,4-13(10)11)12-5(9)3-8-7/h3-4H2,1-2H3/p+1. The lowest BCUT2D eigenvalue weighted by Crippen LogP contribution is -2.34. The third kappa shape index (κ3) is 6.19. The Morgan fingerprint density at radius 3 is 2.62 bits per heavy atom. The first kappa shape index (κ1) is 12.0. The smallest absolute Gasteiger partial charge is 0.399 e. The van der Waals surface area contributed by atoms with E-state index in [1.807, 2.05) is 0 Å². The average Bonchev–Trinajstić information content (AvgIpc) is 1.81. The van der Waals surface area contributed by atoms with Crippen LogP contribution in [0.25, 0.3) is 4.98 Å². The summed E-state index contributed by atoms with van der Waals surface area (Å²) in [6, 6.07) is 0. The number of carbonyl (C=O) groups excluding carboxylic acids is 1. The molecule has 0 saturated carbocycles. The van der Waals surface area contributed by atoms with Gasteiger partial charge < -0.3 is 9.29 Å². The molecule has 0 fully saturated rings. The topological polar surface area (TPSA) is 91.8 Å². The molecule has 1 N–H and O–H groups in total. The molecule has 0 heterocycles. The number of rotatable bonds is 4. The maximum absolute atomic E-state index is 10.8. The van der Waals surface area contributed by atoms with E-state index in [0.29, 0.717) is 0 Å². The van der Waals surface area contributed by atoms with Gasteiger partial charge in [-0.2, -0.15) is 0 Å². The van der Waals surface area contributed by atoms with Crippen molar-refractivity contribution in [3.8, 4) is 0 Å². The van der Waals surface area contributed by atoms with E-state index in [0.717, 1.165) is 0 Å². The van der Waals surface area contributed by atoms with Gasteiger partial charge in [0.15, 0.2) is 11.1 Å². The number of hydrogen-bond acceptors (Lipinski definition) is 4. The fraction of sp³-hybridized carbons (Fsp3) is 0.833. The molecular weight excluding hydrogens is 196 g/mol. The quantitative estimate of drug-likeness (QED) is 0.409. The highest BCUT2D eigenvalue weighted by Gasteiger charge is 2.27. The van der Waals surface area contributed by atoms with Crippen LogP contribution in [0.15, 0.2) is 0 Å². The fourth-order valence-corrected chi connectivity index (χ4v) is 1.38. The van der Waals surface area contributed by atoms with E-state index in [9.17, 15) is 9.00 Å². The van der Waals surface area contributed by atoms with Crippen LogP contribution in [0.5, 0.6) is 0 Å². The second-order valence-corrected chi connectivity index (χ2v) is 3.93. The minimum atomic E-state index is -2.03. The van der Waals surface area contributed by atoms with Crippen LogP contribution >= 0.6 is 0 Å². The summed E-state index contributed by atoms with van der Waals surface area (Å²) in [6.07, 6.45) is 0. The SMILES string of the molecule is CC(C)(CS(=O)O)OC(=O)C[N+]#N. The normalized spacial score (nSPS) is 13.1. The number of ether oxygens (including phenoxy) is 1. The Bertz CT molecular complexity index is 258. The summed E-state index contributed by atoms with van der Waals surface area (Å²) in [5, 5.41) is 8.03. The van der Waals surface area contributed by atoms with Crippen molar-refractivity contribution in [1.29, 1.82) is 5.39 Å². The van der Waals surface area contributed by atoms with Crippen molar-refractivity contribution >= 4 is 17.0 Å². The van der Waals surface area contributed by atoms with E-state index < -0.39 is 29.2 Å². The largest absolute Gasteiger partial charge is 0.453 e. The highest BCUT2D eigenvalue weighted by atomic mass is 32.2. The summed E-state index contributed by atoms with van der Waals surface area (Å²) >= 11 is -2.03. The van der Waals surface area contributed by atoms with Gasteiger partial charge in [0.1, 0.15) is 10.6 Å². The zero-order valence-electron chi connectivity index (χ0n) is 7.39. The molecule has 0 rings (SSSR count). The molecule has 0 spiro atoms. The van der Waals surface area contributed by atoms with E-state index >= 15 is 0 Å². The molecule has 0 aliphatic carbocycles. The number of esters is 1. The fourth-order valence-electron chi connectivity index (χ4n) is 0.725. The average molecular weight is 207 g/mol. The lowest BCUT2D eigenvalue weighted by molar-refractivity contribution is -0.151. The molecule has 0 aromatic rings. The first-order chi connectivity index (χ1) is 5.87. The Hall–Kier alpha value is -1.00. The van der Waals surface area contributed by atoms with Crippen LogP contribution in [0.2, 0.25) is 0 Å². The van der Waals surface area contributed by atoms with Crippen molar-refractivity contribution in [3.63, 3.8) is 0 Å². The van der Waals surface area contributed by atoms with E-state index in [-0.39, 0.29) is 5.75 Å². The van der Waals surface area contributed by atoms with Crippen molar-refractivity contribution in [3.05, 3.63) is 4.98 Å². The molecule has 0 radical (unpaired) electrons. The van der Waals surface area contributed by atoms with Crippen LogP contribution in [0, 0.1) is 5.39 Å². The van der Waals surface area contributed by atoms with E-state index in [4.69, 9.17) is 14.7 Å². The van der Waals surface area contributed by atoms with Crippen molar-refractivity contribution in [2.45, 2.75) is 19.4 Å². The highest BCUT2D eigenvalue weighted by molar-refractivity contribution is 7.79. The summed E-state index contributed by atoms with van der Waals surface area (Å²) in [5.41, 5.74) is -1.03. The minimum absolute atomic E-state index is 0.176. The molecule has 0 aliphatic rings. The highest BCUT2D eigenvalue weighted by Crippen LogP contribution is 2.10. The van der Waals surface area contributed by atoms with Gasteiger partial charge in [-0.15, -0.1) is 0 Å². The lowest BCUT2D eigenvalue weighted by Gasteiger charge is -2.21. The summed E-state index contributed by atoms with van der Waals surface area (Å²) in [6.45, 7) is 2.52. The molecule has 0 amide bonds. The minimum Gasteiger partial charge on any atom is -0.453 e. The summed E-state index contributed by atoms with van der Waals surface area (Å²) in [4.78, 5) is 13.4. The van der Waals surface area contributed by atoms with Crippen molar-refractivity contribution in [2.24, 2.45) is 0 Å². The van der Waals surface area contributed by atoms with Gasteiger partial charge in [-0.1, -0.05) is 0 Å². The number of carbonyl (C=O) groups is 1. The first-order valence-electron chi connectivity index (χ1n) is 3.47. The molecule has 0 bridgehead atoms. The first-order valence-corrected chi connectivity index (χ1v) is 4.75. The summed E-state index contributed by atoms with van der Waals surface area (Å²) < 4.78 is 23.7. The molecule has 7 heteroatoms. The van der Waals surface area contributed by atoms with Gasteiger partial charge in [0.2, 0.25) is 5.39 Å². The number of nitrogens with zero attached hydrogens (tertiary/aromatic N) is 2. The predicted octanol–water partition coefficient (Wildman–Crippen LogP) is 0.383. The number of diazo groups is 1. The van der Waals surface area contributed by atoms with Crippen LogP contribution in [0.4, 0.5) is 0 Å². The van der Waals surface area contributed by atoms with Crippen LogP contribution in [0.1, 0.15) is 13.8 Å². The Morgan fingerprint density at radius 1 is 1.69 bits per heavy atom. The molecule has 1 atom stereocenters. The van der Waals surface area contributed by atoms with Crippen molar-refractivity contribution < 1.29 is 18.3 Å². The van der Waals surface area contributed by atoms with Gasteiger partial charge >= 0.3 is 12.5 Å². The van der Waals surface area contributed by atoms with E-state index in [1.165, 1.54) is 13.8 Å². The molecule has 1 unspecified atom stereocenters. The zero-order chi connectivity index (χ0) is 10.5. The van der Waals surface area contributed by atoms with Crippen molar-refractivity contribution in [1.82, 2.24) is 0 Å². The van der Waals surface area contributed by atoms with Gasteiger partial charge in [-0.25, -0.2) is 9.00 Å². The predicted molar refractivity (Wildman–Crippen MR) is 45.8 cm³/mol. The Kier molecular flexibility index (Phi) is 4.51. The third-order valence-corrected chi connectivity index (χ3v) is 2.00. The Labute approximate surface area is 78.2 Å². The van der Waals surface area contributed by atoms with Gasteiger partial charge in [-0.3, -0.25) is 0 Å². The van der Waals surface area contributed by atoms with Gasteiger partial charge in [0.05, 0.1) is 5.75 Å². The van der Waals surface area contributed by atoms with Gasteiger partial charge in [-0.05, 0) is 13.8 Å². The monoisotopic (exact) mass is 207 g/mol. The second kappa shape index (κ2) is 4.89. The van der Waals surface area contributed by atoms with Crippen LogP contribution in [0.3, 0.4) is 0 Å². The van der Waals surface area contributed by atoms with Crippen LogP contribution in [-0.4, -0.2) is 32.6 Å². The van der Waals surface area contributed by atoms with Gasteiger partial charge in [0.25, 0.3) is 0 Å². The summed E-state index contributed by atoms with van der Waals surface area (Å²) in [7, 11) is 0. The Balaban J connectivity index is 4.10. The molecule has 0 aromatic heterocycles. The third-order valence-electron chi connectivity index (χ3n) is 1.06. The maximum atomic E-state index is 10.8. The maximum Gasteiger partial charge on any atom is 0.399 e. The molecule has 0 aliphatic heterocycles.